The van der Waals surface area contributed by atoms with Crippen LogP contribution in [0, 0.1) is 0 Å². The Labute approximate surface area is 83.9 Å². The molecule has 2 aliphatic heterocycles. The van der Waals surface area contributed by atoms with Gasteiger partial charge in [-0.2, -0.15) is 0 Å². The van der Waals surface area contributed by atoms with Crippen LogP contribution < -0.4 is 0 Å². The van der Waals surface area contributed by atoms with E-state index in [1.165, 1.54) is 0 Å². The molecule has 0 bridgehead atoms. The zero-order valence-electron chi connectivity index (χ0n) is 5.21. The van der Waals surface area contributed by atoms with Crippen molar-refractivity contribution in [2.75, 3.05) is 0 Å². The van der Waals surface area contributed by atoms with E-state index in [4.69, 9.17) is 0 Å². The van der Waals surface area contributed by atoms with E-state index in [1.807, 2.05) is 6.20 Å². The summed E-state index contributed by atoms with van der Waals surface area (Å²) in [4.78, 5) is 12.4. The molecule has 2 aliphatic rings. The Morgan fingerprint density at radius 2 is 2.44 bits per heavy atom. The maximum Gasteiger partial charge on any atom is 0.228 e. The first-order valence-electron chi connectivity index (χ1n) is 2.86. The Balaban J connectivity index is 0.000000405. The van der Waals surface area contributed by atoms with Crippen LogP contribution in [0.15, 0.2) is 12.3 Å². The molecular formula is C6H7CaNO. The average molecular weight is 149 g/mol. The second-order valence-corrected chi connectivity index (χ2v) is 2.28. The normalized spacial score (nSPS) is 29.1. The molecule has 0 spiro atoms. The van der Waals surface area contributed by atoms with Crippen LogP contribution in [-0.4, -0.2) is 54.6 Å². The first-order chi connectivity index (χ1) is 3.88. The largest absolute Gasteiger partial charge is 0.315 e. The van der Waals surface area contributed by atoms with Crippen LogP contribution in [0.2, 0.25) is 0 Å². The number of hydrogen-bond donors (Lipinski definition) is 0. The molecule has 44 valence electrons. The van der Waals surface area contributed by atoms with Crippen molar-refractivity contribution in [2.24, 2.45) is 0 Å². The van der Waals surface area contributed by atoms with Gasteiger partial charge in [-0.3, -0.25) is 4.79 Å². The summed E-state index contributed by atoms with van der Waals surface area (Å²) in [6.07, 6.45) is 5.78. The summed E-state index contributed by atoms with van der Waals surface area (Å²) in [6, 6.07) is 0.544. The van der Waals surface area contributed by atoms with Crippen molar-refractivity contribution in [3.63, 3.8) is 0 Å². The summed E-state index contributed by atoms with van der Waals surface area (Å²) in [5, 5.41) is 0. The molecule has 0 N–H and O–H groups in total. The average Bonchev–Trinajstić information content (AvgIpc) is 2.09. The van der Waals surface area contributed by atoms with Gasteiger partial charge in [0.15, 0.2) is 0 Å². The van der Waals surface area contributed by atoms with Crippen molar-refractivity contribution < 1.29 is 4.79 Å². The van der Waals surface area contributed by atoms with Crippen molar-refractivity contribution in [2.45, 2.75) is 18.9 Å². The third-order valence-corrected chi connectivity index (χ3v) is 1.77. The molecule has 2 rings (SSSR count). The summed E-state index contributed by atoms with van der Waals surface area (Å²) < 4.78 is 0. The van der Waals surface area contributed by atoms with Gasteiger partial charge in [0.2, 0.25) is 5.91 Å². The van der Waals surface area contributed by atoms with E-state index >= 15 is 0 Å². The van der Waals surface area contributed by atoms with E-state index in [0.29, 0.717) is 6.04 Å². The van der Waals surface area contributed by atoms with Crippen LogP contribution in [0.3, 0.4) is 0 Å². The Morgan fingerprint density at radius 3 is 2.89 bits per heavy atom. The molecule has 2 radical (unpaired) electrons. The predicted octanol–water partition coefficient (Wildman–Crippen LogP) is 0.124. The molecule has 3 heteroatoms. The zero-order valence-corrected chi connectivity index (χ0v) is 7.42. The van der Waals surface area contributed by atoms with Crippen molar-refractivity contribution in [3.8, 4) is 0 Å². The first kappa shape index (κ1) is 7.58. The van der Waals surface area contributed by atoms with Gasteiger partial charge in [-0.1, -0.05) is 6.08 Å². The van der Waals surface area contributed by atoms with Crippen LogP contribution in [0.25, 0.3) is 0 Å². The number of carbonyl (C=O) groups is 1. The van der Waals surface area contributed by atoms with Gasteiger partial charge in [0, 0.05) is 56.4 Å². The third-order valence-electron chi connectivity index (χ3n) is 1.77. The molecule has 1 saturated heterocycles. The van der Waals surface area contributed by atoms with E-state index < -0.39 is 0 Å². The van der Waals surface area contributed by atoms with Crippen LogP contribution in [0.4, 0.5) is 0 Å². The van der Waals surface area contributed by atoms with E-state index in [2.05, 4.69) is 6.08 Å². The van der Waals surface area contributed by atoms with Crippen LogP contribution >= 0.6 is 0 Å². The minimum atomic E-state index is 0. The number of fused-ring (bicyclic) bond motifs is 1. The fraction of sp³-hybridized carbons (Fsp3) is 0.500. The number of hydrogen-bond acceptors (Lipinski definition) is 1. The molecule has 9 heavy (non-hydrogen) atoms. The van der Waals surface area contributed by atoms with Crippen molar-refractivity contribution in [1.82, 2.24) is 4.90 Å². The summed E-state index contributed by atoms with van der Waals surface area (Å²) in [6.45, 7) is 0. The molecule has 0 aromatic rings. The van der Waals surface area contributed by atoms with E-state index in [0.717, 1.165) is 12.8 Å². The second kappa shape index (κ2) is 2.60. The predicted molar refractivity (Wildman–Crippen MR) is 34.8 cm³/mol. The molecule has 0 saturated carbocycles. The van der Waals surface area contributed by atoms with Crippen LogP contribution in [0.1, 0.15) is 12.8 Å². The van der Waals surface area contributed by atoms with Gasteiger partial charge in [-0.15, -0.1) is 0 Å². The smallest absolute Gasteiger partial charge is 0.228 e. The monoisotopic (exact) mass is 149 g/mol. The molecule has 0 unspecified atom stereocenters. The minimum Gasteiger partial charge on any atom is -0.315 e. The maximum absolute atomic E-state index is 10.6. The molecule has 1 fully saturated rings. The van der Waals surface area contributed by atoms with Gasteiger partial charge < -0.3 is 4.90 Å². The number of nitrogens with zero attached hydrogens (tertiary/aromatic N) is 1. The molecule has 0 aromatic heterocycles. The fourth-order valence-corrected chi connectivity index (χ4v) is 1.23. The van der Waals surface area contributed by atoms with Crippen molar-refractivity contribution in [3.05, 3.63) is 12.3 Å². The number of amides is 1. The molecule has 0 aromatic carbocycles. The van der Waals surface area contributed by atoms with Gasteiger partial charge in [-0.05, 0) is 6.42 Å². The number of β-lactam (4-membered cyclic amide) rings is 1. The number of carbonyl (C=O) groups excluding carboxylic acids is 1. The quantitative estimate of drug-likeness (QED) is 0.354. The Bertz CT molecular complexity index is 166. The van der Waals surface area contributed by atoms with Crippen LogP contribution in [-0.2, 0) is 4.79 Å². The number of rotatable bonds is 0. The van der Waals surface area contributed by atoms with E-state index in [9.17, 15) is 4.79 Å². The Hall–Kier alpha value is 0.470. The SMILES string of the molecule is O=C1C[C@H]2CC=CN12.[Ca]. The van der Waals surface area contributed by atoms with Gasteiger partial charge in [0.05, 0.1) is 0 Å². The van der Waals surface area contributed by atoms with Gasteiger partial charge in [0.1, 0.15) is 0 Å². The topological polar surface area (TPSA) is 20.3 Å². The van der Waals surface area contributed by atoms with Crippen molar-refractivity contribution in [1.29, 1.82) is 0 Å². The fourth-order valence-electron chi connectivity index (χ4n) is 1.23. The summed E-state index contributed by atoms with van der Waals surface area (Å²) in [7, 11) is 0. The van der Waals surface area contributed by atoms with E-state index in [-0.39, 0.29) is 43.6 Å². The Kier molecular flexibility index (Phi) is 2.19. The molecule has 2 heterocycles. The van der Waals surface area contributed by atoms with Crippen molar-refractivity contribution >= 4 is 43.6 Å². The standard InChI is InChI=1S/C6H7NO.Ca/c8-6-4-5-2-1-3-7(5)6;/h1,3,5H,2,4H2;/t5-;/m1./s1. The van der Waals surface area contributed by atoms with Gasteiger partial charge in [0.25, 0.3) is 0 Å². The van der Waals surface area contributed by atoms with Crippen LogP contribution in [0.5, 0.6) is 0 Å². The molecule has 1 atom stereocenters. The molecule has 1 amide bonds. The third kappa shape index (κ3) is 1.04. The molecular weight excluding hydrogens is 142 g/mol. The minimum absolute atomic E-state index is 0. The maximum atomic E-state index is 10.6. The summed E-state index contributed by atoms with van der Waals surface area (Å²) >= 11 is 0. The summed E-state index contributed by atoms with van der Waals surface area (Å²) in [5.74, 6) is 0.281. The second-order valence-electron chi connectivity index (χ2n) is 2.28. The summed E-state index contributed by atoms with van der Waals surface area (Å²) in [5.41, 5.74) is 0. The van der Waals surface area contributed by atoms with E-state index in [1.54, 1.807) is 4.90 Å². The van der Waals surface area contributed by atoms with Gasteiger partial charge in [-0.25, -0.2) is 0 Å². The zero-order chi connectivity index (χ0) is 5.56. The first-order valence-corrected chi connectivity index (χ1v) is 2.86. The van der Waals surface area contributed by atoms with Gasteiger partial charge >= 0.3 is 0 Å². The molecule has 0 aliphatic carbocycles. The Morgan fingerprint density at radius 1 is 1.67 bits per heavy atom. The molecule has 2 nitrogen and oxygen atoms in total.